The molecule has 1 atom stereocenters. The van der Waals surface area contributed by atoms with Gasteiger partial charge < -0.3 is 5.32 Å². The van der Waals surface area contributed by atoms with Crippen molar-refractivity contribution in [3.05, 3.63) is 57.1 Å². The van der Waals surface area contributed by atoms with Crippen LogP contribution in [0.5, 0.6) is 0 Å². The third kappa shape index (κ3) is 2.48. The molecule has 0 radical (unpaired) electrons. The lowest BCUT2D eigenvalue weighted by molar-refractivity contribution is -0.118. The van der Waals surface area contributed by atoms with Gasteiger partial charge in [0.2, 0.25) is 0 Å². The van der Waals surface area contributed by atoms with E-state index in [1.807, 2.05) is 17.9 Å². The van der Waals surface area contributed by atoms with Gasteiger partial charge in [-0.1, -0.05) is 13.8 Å². The number of carbonyl (C=O) groups is 1. The predicted octanol–water partition coefficient (Wildman–Crippen LogP) is 5.14. The number of benzene rings is 1. The van der Waals surface area contributed by atoms with Gasteiger partial charge in [-0.3, -0.25) is 9.48 Å². The molecule has 2 aliphatic rings. The van der Waals surface area contributed by atoms with Crippen LogP contribution < -0.4 is 5.32 Å². The number of thiophene rings is 1. The molecule has 0 saturated carbocycles. The van der Waals surface area contributed by atoms with Gasteiger partial charge in [-0.25, -0.2) is 0 Å². The van der Waals surface area contributed by atoms with Crippen molar-refractivity contribution < 1.29 is 4.79 Å². The summed E-state index contributed by atoms with van der Waals surface area (Å²) in [6.45, 7) is 6.49. The van der Waals surface area contributed by atoms with E-state index in [0.29, 0.717) is 6.42 Å². The topological polar surface area (TPSA) is 46.9 Å². The second-order valence-electron chi connectivity index (χ2n) is 8.57. The molecule has 0 spiro atoms. The minimum atomic E-state index is -0.0161. The van der Waals surface area contributed by atoms with Gasteiger partial charge in [0.25, 0.3) is 0 Å². The number of fused-ring (bicyclic) bond motifs is 3. The molecule has 0 bridgehead atoms. The number of rotatable bonds is 1. The number of nitrogens with zero attached hydrogens (tertiary/aromatic N) is 2. The van der Waals surface area contributed by atoms with E-state index in [1.165, 1.54) is 15.3 Å². The van der Waals surface area contributed by atoms with Gasteiger partial charge in [0.1, 0.15) is 0 Å². The molecule has 1 aliphatic carbocycles. The molecular weight excluding hydrogens is 354 g/mol. The molecule has 0 fully saturated rings. The molecule has 3 aromatic rings. The summed E-state index contributed by atoms with van der Waals surface area (Å²) in [7, 11) is 1.98. The van der Waals surface area contributed by atoms with E-state index < -0.39 is 0 Å². The molecule has 0 amide bonds. The summed E-state index contributed by atoms with van der Waals surface area (Å²) in [5.74, 6) is 0.257. The van der Waals surface area contributed by atoms with E-state index in [9.17, 15) is 4.79 Å². The van der Waals surface area contributed by atoms with Gasteiger partial charge in [-0.15, -0.1) is 11.3 Å². The predicted molar refractivity (Wildman–Crippen MR) is 110 cm³/mol. The zero-order valence-electron chi connectivity index (χ0n) is 16.1. The molecule has 4 nitrogen and oxygen atoms in total. The Balaban J connectivity index is 1.83. The maximum atomic E-state index is 13.3. The number of Topliss-reactive ketones (excluding diaryl/α,β-unsaturated/α-hetero) is 1. The number of aryl methyl sites for hydroxylation is 2. The standard InChI is InChI=1S/C22H23N3OS/c1-12-5-8-17(27-12)20-18-15(9-22(2,3)10-16(18)26)24-14-7-6-13-11-23-25(4)21(13)19(14)20/h5-8,11,20,24H,9-10H2,1-4H3. The highest BCUT2D eigenvalue weighted by Gasteiger charge is 2.42. The Morgan fingerprint density at radius 2 is 2.04 bits per heavy atom. The van der Waals surface area contributed by atoms with E-state index >= 15 is 0 Å². The number of anilines is 1. The number of allylic oxidation sites excluding steroid dienone is 2. The lowest BCUT2D eigenvalue weighted by atomic mass is 9.69. The van der Waals surface area contributed by atoms with Crippen LogP contribution in [0, 0.1) is 12.3 Å². The quantitative estimate of drug-likeness (QED) is 0.638. The lowest BCUT2D eigenvalue weighted by Gasteiger charge is -2.39. The maximum absolute atomic E-state index is 13.3. The van der Waals surface area contributed by atoms with E-state index in [4.69, 9.17) is 0 Å². The van der Waals surface area contributed by atoms with E-state index in [1.54, 1.807) is 11.3 Å². The highest BCUT2D eigenvalue weighted by atomic mass is 32.1. The van der Waals surface area contributed by atoms with Crippen molar-refractivity contribution in [2.24, 2.45) is 12.5 Å². The number of ketones is 1. The van der Waals surface area contributed by atoms with Crippen LogP contribution in [-0.4, -0.2) is 15.6 Å². The maximum Gasteiger partial charge on any atom is 0.162 e. The monoisotopic (exact) mass is 377 g/mol. The van der Waals surface area contributed by atoms with Crippen molar-refractivity contribution in [2.75, 3.05) is 5.32 Å². The highest BCUT2D eigenvalue weighted by Crippen LogP contribution is 2.51. The lowest BCUT2D eigenvalue weighted by Crippen LogP contribution is -2.33. The molecular formula is C22H23N3OS. The summed E-state index contributed by atoms with van der Waals surface area (Å²) < 4.78 is 1.94. The van der Waals surface area contributed by atoms with Gasteiger partial charge in [-0.2, -0.15) is 5.10 Å². The molecule has 1 aromatic carbocycles. The Labute approximate surface area is 162 Å². The number of aromatic nitrogens is 2. The Bertz CT molecular complexity index is 1130. The molecule has 5 heteroatoms. The Hall–Kier alpha value is -2.40. The third-order valence-corrected chi connectivity index (χ3v) is 6.84. The molecule has 1 aliphatic heterocycles. The van der Waals surface area contributed by atoms with Gasteiger partial charge in [0.05, 0.1) is 17.6 Å². The molecule has 2 aromatic heterocycles. The van der Waals surface area contributed by atoms with Crippen LogP contribution >= 0.6 is 11.3 Å². The number of nitrogens with one attached hydrogen (secondary N) is 1. The van der Waals surface area contributed by atoms with E-state index in [-0.39, 0.29) is 17.1 Å². The van der Waals surface area contributed by atoms with Crippen LogP contribution in [0.3, 0.4) is 0 Å². The average Bonchev–Trinajstić information content (AvgIpc) is 3.18. The highest BCUT2D eigenvalue weighted by molar-refractivity contribution is 7.12. The molecule has 0 saturated heterocycles. The van der Waals surface area contributed by atoms with Crippen LogP contribution in [0.25, 0.3) is 10.9 Å². The third-order valence-electron chi connectivity index (χ3n) is 5.77. The van der Waals surface area contributed by atoms with Gasteiger partial charge in [-0.05, 0) is 43.0 Å². The van der Waals surface area contributed by atoms with Crippen molar-refractivity contribution in [3.8, 4) is 0 Å². The molecule has 3 heterocycles. The normalized spacial score (nSPS) is 21.2. The summed E-state index contributed by atoms with van der Waals surface area (Å²) in [5, 5.41) is 9.21. The summed E-state index contributed by atoms with van der Waals surface area (Å²) in [6.07, 6.45) is 3.41. The van der Waals surface area contributed by atoms with E-state index in [2.05, 4.69) is 55.5 Å². The minimum Gasteiger partial charge on any atom is -0.358 e. The zero-order valence-corrected chi connectivity index (χ0v) is 16.9. The first-order chi connectivity index (χ1) is 12.8. The van der Waals surface area contributed by atoms with Crippen LogP contribution in [0.15, 0.2) is 41.7 Å². The average molecular weight is 378 g/mol. The first kappa shape index (κ1) is 16.8. The largest absolute Gasteiger partial charge is 0.358 e. The van der Waals surface area contributed by atoms with Crippen molar-refractivity contribution >= 4 is 33.7 Å². The van der Waals surface area contributed by atoms with Gasteiger partial charge in [0, 0.05) is 51.1 Å². The number of carbonyl (C=O) groups excluding carboxylic acids is 1. The van der Waals surface area contributed by atoms with Gasteiger partial charge in [0.15, 0.2) is 5.78 Å². The molecule has 5 rings (SSSR count). The Morgan fingerprint density at radius 3 is 2.78 bits per heavy atom. The first-order valence-corrected chi connectivity index (χ1v) is 10.2. The second kappa shape index (κ2) is 5.55. The summed E-state index contributed by atoms with van der Waals surface area (Å²) in [6, 6.07) is 8.60. The van der Waals surface area contributed by atoms with Crippen molar-refractivity contribution in [2.45, 2.75) is 39.5 Å². The number of hydrogen-bond acceptors (Lipinski definition) is 4. The van der Waals surface area contributed by atoms with Crippen LogP contribution in [-0.2, 0) is 11.8 Å². The molecule has 1 unspecified atom stereocenters. The Morgan fingerprint density at radius 1 is 1.22 bits per heavy atom. The van der Waals surface area contributed by atoms with Crippen LogP contribution in [0.2, 0.25) is 0 Å². The van der Waals surface area contributed by atoms with Gasteiger partial charge >= 0.3 is 0 Å². The molecule has 27 heavy (non-hydrogen) atoms. The molecule has 1 N–H and O–H groups in total. The van der Waals surface area contributed by atoms with Crippen molar-refractivity contribution in [1.29, 1.82) is 0 Å². The first-order valence-electron chi connectivity index (χ1n) is 9.38. The SMILES string of the molecule is Cc1ccc(C2C3=C(CC(C)(C)CC3=O)Nc3ccc4cnn(C)c4c32)s1. The fraction of sp³-hybridized carbons (Fsp3) is 0.364. The second-order valence-corrected chi connectivity index (χ2v) is 9.89. The number of hydrogen-bond donors (Lipinski definition) is 1. The fourth-order valence-electron chi connectivity index (χ4n) is 4.68. The summed E-state index contributed by atoms with van der Waals surface area (Å²) >= 11 is 1.79. The van der Waals surface area contributed by atoms with Crippen molar-refractivity contribution in [1.82, 2.24) is 9.78 Å². The van der Waals surface area contributed by atoms with Crippen LogP contribution in [0.1, 0.15) is 47.9 Å². The minimum absolute atomic E-state index is 0.00698. The van der Waals surface area contributed by atoms with Crippen molar-refractivity contribution in [3.63, 3.8) is 0 Å². The molecule has 138 valence electrons. The smallest absolute Gasteiger partial charge is 0.162 e. The van der Waals surface area contributed by atoms with Crippen LogP contribution in [0.4, 0.5) is 5.69 Å². The van der Waals surface area contributed by atoms with E-state index in [0.717, 1.165) is 34.3 Å². The Kier molecular flexibility index (Phi) is 3.44. The fourth-order valence-corrected chi connectivity index (χ4v) is 5.68. The summed E-state index contributed by atoms with van der Waals surface area (Å²) in [5.41, 5.74) is 5.44. The summed E-state index contributed by atoms with van der Waals surface area (Å²) in [4.78, 5) is 15.8. The zero-order chi connectivity index (χ0) is 18.9.